The zero-order valence-electron chi connectivity index (χ0n) is 13.9. The smallest absolute Gasteiger partial charge is 0.246 e. The lowest BCUT2D eigenvalue weighted by Gasteiger charge is -2.16. The Bertz CT molecular complexity index is 716. The Hall–Kier alpha value is -2.87. The van der Waals surface area contributed by atoms with E-state index in [0.29, 0.717) is 17.1 Å². The number of ether oxygens (including phenoxy) is 1. The molecule has 0 saturated carbocycles. The number of nitrogens with one attached hydrogen (secondary N) is 2. The highest BCUT2D eigenvalue weighted by molar-refractivity contribution is 5.97. The molecule has 0 saturated heterocycles. The minimum Gasteiger partial charge on any atom is -0.497 e. The molecule has 0 radical (unpaired) electrons. The number of hydrogen-bond acceptors (Lipinski definition) is 5. The first-order chi connectivity index (χ1) is 11.3. The lowest BCUT2D eigenvalue weighted by molar-refractivity contribution is -0.120. The Morgan fingerprint density at radius 2 is 1.88 bits per heavy atom. The SMILES string of the molecule is COc1ccc(NC(=O)Cn2cc(NC(=O)C(C)(C)N)cn2)cc1. The first-order valence-electron chi connectivity index (χ1n) is 7.34. The molecule has 0 spiro atoms. The van der Waals surface area contributed by atoms with E-state index in [1.807, 2.05) is 0 Å². The summed E-state index contributed by atoms with van der Waals surface area (Å²) in [5, 5.41) is 9.44. The quantitative estimate of drug-likeness (QED) is 0.736. The van der Waals surface area contributed by atoms with E-state index in [2.05, 4.69) is 15.7 Å². The van der Waals surface area contributed by atoms with Crippen LogP contribution in [0.1, 0.15) is 13.8 Å². The summed E-state index contributed by atoms with van der Waals surface area (Å²) in [5.41, 5.74) is 5.86. The molecule has 4 N–H and O–H groups in total. The van der Waals surface area contributed by atoms with Crippen molar-refractivity contribution in [1.82, 2.24) is 9.78 Å². The molecule has 2 aromatic rings. The highest BCUT2D eigenvalue weighted by atomic mass is 16.5. The standard InChI is InChI=1S/C16H21N5O3/c1-16(2,17)15(23)20-12-8-18-21(9-12)10-14(22)19-11-4-6-13(24-3)7-5-11/h4-9H,10,17H2,1-3H3,(H,19,22)(H,20,23). The fourth-order valence-corrected chi connectivity index (χ4v) is 1.83. The molecule has 0 unspecified atom stereocenters. The highest BCUT2D eigenvalue weighted by Crippen LogP contribution is 2.15. The van der Waals surface area contributed by atoms with Gasteiger partial charge in [0.2, 0.25) is 11.8 Å². The third-order valence-electron chi connectivity index (χ3n) is 3.16. The predicted molar refractivity (Wildman–Crippen MR) is 90.7 cm³/mol. The van der Waals surface area contributed by atoms with E-state index in [0.717, 1.165) is 0 Å². The van der Waals surface area contributed by atoms with Gasteiger partial charge in [0.1, 0.15) is 12.3 Å². The molecule has 0 atom stereocenters. The van der Waals surface area contributed by atoms with Gasteiger partial charge in [0.15, 0.2) is 0 Å². The summed E-state index contributed by atoms with van der Waals surface area (Å²) in [6.45, 7) is 3.23. The Morgan fingerprint density at radius 3 is 2.46 bits per heavy atom. The van der Waals surface area contributed by atoms with Crippen molar-refractivity contribution in [2.75, 3.05) is 17.7 Å². The van der Waals surface area contributed by atoms with Crippen molar-refractivity contribution in [3.8, 4) is 5.75 Å². The molecule has 128 valence electrons. The van der Waals surface area contributed by atoms with Crippen molar-refractivity contribution in [1.29, 1.82) is 0 Å². The van der Waals surface area contributed by atoms with Crippen molar-refractivity contribution in [3.63, 3.8) is 0 Å². The van der Waals surface area contributed by atoms with Gasteiger partial charge in [0.05, 0.1) is 24.5 Å². The number of benzene rings is 1. The molecule has 2 amide bonds. The van der Waals surface area contributed by atoms with Gasteiger partial charge in [0, 0.05) is 11.9 Å². The third kappa shape index (κ3) is 4.82. The van der Waals surface area contributed by atoms with Gasteiger partial charge in [-0.15, -0.1) is 0 Å². The van der Waals surface area contributed by atoms with Gasteiger partial charge in [-0.1, -0.05) is 0 Å². The van der Waals surface area contributed by atoms with Gasteiger partial charge in [-0.05, 0) is 38.1 Å². The molecule has 0 bridgehead atoms. The summed E-state index contributed by atoms with van der Waals surface area (Å²) >= 11 is 0. The molecule has 0 aliphatic rings. The van der Waals surface area contributed by atoms with Crippen molar-refractivity contribution < 1.29 is 14.3 Å². The van der Waals surface area contributed by atoms with Crippen LogP contribution in [0.5, 0.6) is 5.75 Å². The molecule has 2 rings (SSSR count). The fraction of sp³-hybridized carbons (Fsp3) is 0.312. The number of hydrogen-bond donors (Lipinski definition) is 3. The van der Waals surface area contributed by atoms with E-state index in [9.17, 15) is 9.59 Å². The molecule has 1 heterocycles. The second-order valence-corrected chi connectivity index (χ2v) is 5.88. The van der Waals surface area contributed by atoms with E-state index in [1.165, 1.54) is 10.9 Å². The monoisotopic (exact) mass is 331 g/mol. The van der Waals surface area contributed by atoms with Gasteiger partial charge in [-0.2, -0.15) is 5.10 Å². The van der Waals surface area contributed by atoms with Crippen LogP contribution in [0.4, 0.5) is 11.4 Å². The maximum absolute atomic E-state index is 12.0. The topological polar surface area (TPSA) is 111 Å². The maximum Gasteiger partial charge on any atom is 0.246 e. The second-order valence-electron chi connectivity index (χ2n) is 5.88. The average molecular weight is 331 g/mol. The summed E-state index contributed by atoms with van der Waals surface area (Å²) in [4.78, 5) is 23.8. The zero-order chi connectivity index (χ0) is 17.7. The minimum atomic E-state index is -0.992. The fourth-order valence-electron chi connectivity index (χ4n) is 1.83. The van der Waals surface area contributed by atoms with E-state index in [-0.39, 0.29) is 18.4 Å². The van der Waals surface area contributed by atoms with Crippen molar-refractivity contribution in [2.45, 2.75) is 25.9 Å². The Kier molecular flexibility index (Phi) is 5.20. The Balaban J connectivity index is 1.91. The number of carbonyl (C=O) groups is 2. The Morgan fingerprint density at radius 1 is 1.21 bits per heavy atom. The third-order valence-corrected chi connectivity index (χ3v) is 3.16. The number of anilines is 2. The minimum absolute atomic E-state index is 0.0217. The molecule has 0 aliphatic heterocycles. The predicted octanol–water partition coefficient (Wildman–Crippen LogP) is 1.21. The van der Waals surface area contributed by atoms with Crippen LogP contribution in [0.2, 0.25) is 0 Å². The molecular formula is C16H21N5O3. The van der Waals surface area contributed by atoms with Crippen molar-refractivity contribution in [3.05, 3.63) is 36.7 Å². The number of amides is 2. The first-order valence-corrected chi connectivity index (χ1v) is 7.34. The number of aromatic nitrogens is 2. The van der Waals surface area contributed by atoms with E-state index in [4.69, 9.17) is 10.5 Å². The van der Waals surface area contributed by atoms with E-state index < -0.39 is 5.54 Å². The van der Waals surface area contributed by atoms with Crippen LogP contribution in [0.15, 0.2) is 36.7 Å². The van der Waals surface area contributed by atoms with Gasteiger partial charge < -0.3 is 21.1 Å². The van der Waals surface area contributed by atoms with E-state index >= 15 is 0 Å². The normalized spacial score (nSPS) is 11.0. The first kappa shape index (κ1) is 17.5. The zero-order valence-corrected chi connectivity index (χ0v) is 13.9. The van der Waals surface area contributed by atoms with Crippen LogP contribution in [0.3, 0.4) is 0 Å². The highest BCUT2D eigenvalue weighted by Gasteiger charge is 2.22. The van der Waals surface area contributed by atoms with Crippen LogP contribution in [-0.2, 0) is 16.1 Å². The average Bonchev–Trinajstić information content (AvgIpc) is 2.94. The van der Waals surface area contributed by atoms with E-state index in [1.54, 1.807) is 51.4 Å². The molecule has 24 heavy (non-hydrogen) atoms. The molecule has 8 heteroatoms. The summed E-state index contributed by atoms with van der Waals surface area (Å²) in [7, 11) is 1.58. The lowest BCUT2D eigenvalue weighted by atomic mass is 10.1. The van der Waals surface area contributed by atoms with Gasteiger partial charge in [-0.25, -0.2) is 0 Å². The number of carbonyl (C=O) groups excluding carboxylic acids is 2. The summed E-state index contributed by atoms with van der Waals surface area (Å²) in [6, 6.07) is 7.00. The van der Waals surface area contributed by atoms with Gasteiger partial charge >= 0.3 is 0 Å². The number of rotatable bonds is 6. The largest absolute Gasteiger partial charge is 0.497 e. The van der Waals surface area contributed by atoms with Crippen molar-refractivity contribution >= 4 is 23.2 Å². The van der Waals surface area contributed by atoms with Crippen LogP contribution in [0, 0.1) is 0 Å². The molecule has 8 nitrogen and oxygen atoms in total. The molecule has 0 aliphatic carbocycles. The summed E-state index contributed by atoms with van der Waals surface area (Å²) < 4.78 is 6.49. The maximum atomic E-state index is 12.0. The van der Waals surface area contributed by atoms with Crippen LogP contribution in [0.25, 0.3) is 0 Å². The van der Waals surface area contributed by atoms with Crippen LogP contribution in [-0.4, -0.2) is 34.2 Å². The summed E-state index contributed by atoms with van der Waals surface area (Å²) in [5.74, 6) is 0.147. The van der Waals surface area contributed by atoms with Crippen LogP contribution >= 0.6 is 0 Å². The number of nitrogens with two attached hydrogens (primary N) is 1. The second kappa shape index (κ2) is 7.14. The summed E-state index contributed by atoms with van der Waals surface area (Å²) in [6.07, 6.45) is 3.03. The van der Waals surface area contributed by atoms with Gasteiger partial charge in [0.25, 0.3) is 0 Å². The molecule has 1 aromatic heterocycles. The number of methoxy groups -OCH3 is 1. The molecule has 0 fully saturated rings. The van der Waals surface area contributed by atoms with Crippen molar-refractivity contribution in [2.24, 2.45) is 5.73 Å². The number of nitrogens with zero attached hydrogens (tertiary/aromatic N) is 2. The lowest BCUT2D eigenvalue weighted by Crippen LogP contribution is -2.45. The molecule has 1 aromatic carbocycles. The molecular weight excluding hydrogens is 310 g/mol. The Labute approximate surface area is 140 Å². The van der Waals surface area contributed by atoms with Crippen LogP contribution < -0.4 is 21.1 Å². The van der Waals surface area contributed by atoms with Gasteiger partial charge in [-0.3, -0.25) is 14.3 Å².